The minimum absolute atomic E-state index is 0.301. The quantitative estimate of drug-likeness (QED) is 0.824. The average molecular weight is 395 g/mol. The highest BCUT2D eigenvalue weighted by atomic mass is 16.5. The van der Waals surface area contributed by atoms with Gasteiger partial charge in [0.1, 0.15) is 5.75 Å². The number of benzene rings is 2. The monoisotopic (exact) mass is 394 g/mol. The first-order chi connectivity index (χ1) is 14.1. The third-order valence-corrected chi connectivity index (χ3v) is 6.92. The zero-order valence-electron chi connectivity index (χ0n) is 17.8. The number of aliphatic hydroxyl groups is 1. The van der Waals surface area contributed by atoms with Gasteiger partial charge in [-0.05, 0) is 43.0 Å². The van der Waals surface area contributed by atoms with Crippen LogP contribution in [0.3, 0.4) is 0 Å². The van der Waals surface area contributed by atoms with Gasteiger partial charge in [-0.15, -0.1) is 0 Å². The molecule has 2 aromatic carbocycles. The molecule has 0 bridgehead atoms. The Hall–Kier alpha value is -2.04. The molecular formula is C25H34N2O2. The Morgan fingerprint density at radius 1 is 1.00 bits per heavy atom. The van der Waals surface area contributed by atoms with Crippen molar-refractivity contribution in [3.05, 3.63) is 59.7 Å². The number of methoxy groups -OCH3 is 1. The Kier molecular flexibility index (Phi) is 6.12. The van der Waals surface area contributed by atoms with E-state index in [1.54, 1.807) is 7.11 Å². The second-order valence-electron chi connectivity index (χ2n) is 8.64. The van der Waals surface area contributed by atoms with E-state index in [-0.39, 0.29) is 0 Å². The highest BCUT2D eigenvalue weighted by molar-refractivity contribution is 5.58. The number of ether oxygens (including phenoxy) is 1. The number of para-hydroxylation sites is 2. The van der Waals surface area contributed by atoms with E-state index in [2.05, 4.69) is 53.1 Å². The summed E-state index contributed by atoms with van der Waals surface area (Å²) in [4.78, 5) is 4.97. The largest absolute Gasteiger partial charge is 0.495 e. The molecule has 0 radical (unpaired) electrons. The lowest BCUT2D eigenvalue weighted by Crippen LogP contribution is -2.51. The molecule has 0 amide bonds. The second kappa shape index (κ2) is 8.76. The molecule has 1 saturated heterocycles. The van der Waals surface area contributed by atoms with Gasteiger partial charge in [-0.3, -0.25) is 4.90 Å². The number of hydrogen-bond donors (Lipinski definition) is 1. The minimum atomic E-state index is -0.691. The molecule has 156 valence electrons. The molecule has 2 atom stereocenters. The molecule has 1 aliphatic heterocycles. The van der Waals surface area contributed by atoms with Crippen LogP contribution in [0.2, 0.25) is 0 Å². The van der Waals surface area contributed by atoms with Crippen molar-refractivity contribution in [3.63, 3.8) is 0 Å². The summed E-state index contributed by atoms with van der Waals surface area (Å²) in [5.74, 6) is 1.25. The molecule has 1 N–H and O–H groups in total. The fourth-order valence-electron chi connectivity index (χ4n) is 5.26. The molecule has 2 unspecified atom stereocenters. The number of hydrogen-bond acceptors (Lipinski definition) is 4. The Bertz CT molecular complexity index is 816. The molecule has 1 heterocycles. The van der Waals surface area contributed by atoms with E-state index in [0.29, 0.717) is 5.92 Å². The zero-order valence-corrected chi connectivity index (χ0v) is 17.8. The number of rotatable bonds is 5. The highest BCUT2D eigenvalue weighted by Crippen LogP contribution is 2.43. The van der Waals surface area contributed by atoms with Gasteiger partial charge in [0.25, 0.3) is 0 Å². The van der Waals surface area contributed by atoms with Gasteiger partial charge in [-0.2, -0.15) is 0 Å². The van der Waals surface area contributed by atoms with Crippen LogP contribution in [-0.4, -0.2) is 49.8 Å². The van der Waals surface area contributed by atoms with E-state index in [9.17, 15) is 5.11 Å². The Balaban J connectivity index is 1.43. The molecule has 2 aliphatic rings. The fraction of sp³-hybridized carbons (Fsp3) is 0.520. The molecule has 2 aromatic rings. The van der Waals surface area contributed by atoms with Crippen LogP contribution < -0.4 is 9.64 Å². The standard InChI is InChI=1S/C25H34N2O2/c1-20-9-3-4-11-22(20)25(28)14-8-7-10-21(25)19-26-15-17-27(18-16-26)23-12-5-6-13-24(23)29-2/h3-6,9,11-13,21,28H,7-8,10,14-19H2,1-2H3. The van der Waals surface area contributed by atoms with Crippen LogP contribution in [0.5, 0.6) is 5.75 Å². The number of piperazine rings is 1. The maximum atomic E-state index is 11.8. The van der Waals surface area contributed by atoms with Gasteiger partial charge in [0, 0.05) is 38.6 Å². The van der Waals surface area contributed by atoms with Gasteiger partial charge < -0.3 is 14.7 Å². The molecule has 29 heavy (non-hydrogen) atoms. The summed E-state index contributed by atoms with van der Waals surface area (Å²) in [6, 6.07) is 16.7. The lowest BCUT2D eigenvalue weighted by molar-refractivity contribution is -0.0664. The first-order valence-electron chi connectivity index (χ1n) is 11.0. The third kappa shape index (κ3) is 4.15. The van der Waals surface area contributed by atoms with Crippen molar-refractivity contribution < 1.29 is 9.84 Å². The van der Waals surface area contributed by atoms with Crippen LogP contribution in [0.1, 0.15) is 36.8 Å². The molecule has 4 rings (SSSR count). The van der Waals surface area contributed by atoms with Crippen LogP contribution in [0.4, 0.5) is 5.69 Å². The summed E-state index contributed by atoms with van der Waals surface area (Å²) < 4.78 is 5.55. The van der Waals surface area contributed by atoms with Crippen LogP contribution in [-0.2, 0) is 5.60 Å². The number of anilines is 1. The molecule has 0 spiro atoms. The summed E-state index contributed by atoms with van der Waals surface area (Å²) in [7, 11) is 1.74. The molecule has 4 nitrogen and oxygen atoms in total. The van der Waals surface area contributed by atoms with Crippen molar-refractivity contribution in [2.45, 2.75) is 38.2 Å². The van der Waals surface area contributed by atoms with Crippen LogP contribution in [0.15, 0.2) is 48.5 Å². The van der Waals surface area contributed by atoms with Gasteiger partial charge in [0.05, 0.1) is 18.4 Å². The van der Waals surface area contributed by atoms with Crippen molar-refractivity contribution >= 4 is 5.69 Å². The van der Waals surface area contributed by atoms with Crippen molar-refractivity contribution in [2.24, 2.45) is 5.92 Å². The Morgan fingerprint density at radius 2 is 1.72 bits per heavy atom. The van der Waals surface area contributed by atoms with E-state index < -0.39 is 5.60 Å². The van der Waals surface area contributed by atoms with Crippen molar-refractivity contribution in [2.75, 3.05) is 44.7 Å². The van der Waals surface area contributed by atoms with Crippen molar-refractivity contribution in [1.29, 1.82) is 0 Å². The van der Waals surface area contributed by atoms with Crippen molar-refractivity contribution in [1.82, 2.24) is 4.90 Å². The molecule has 4 heteroatoms. The average Bonchev–Trinajstić information content (AvgIpc) is 2.76. The van der Waals surface area contributed by atoms with E-state index in [1.165, 1.54) is 17.7 Å². The SMILES string of the molecule is COc1ccccc1N1CCN(CC2CCCCC2(O)c2ccccc2C)CC1. The summed E-state index contributed by atoms with van der Waals surface area (Å²) in [6.45, 7) is 7.15. The van der Waals surface area contributed by atoms with E-state index in [4.69, 9.17) is 4.74 Å². The zero-order chi connectivity index (χ0) is 20.3. The summed E-state index contributed by atoms with van der Waals surface area (Å²) >= 11 is 0. The summed E-state index contributed by atoms with van der Waals surface area (Å²) in [5, 5.41) is 11.8. The van der Waals surface area contributed by atoms with E-state index >= 15 is 0 Å². The first-order valence-corrected chi connectivity index (χ1v) is 11.0. The van der Waals surface area contributed by atoms with E-state index in [0.717, 1.165) is 63.3 Å². The predicted octanol–water partition coefficient (Wildman–Crippen LogP) is 4.20. The normalized spacial score (nSPS) is 25.8. The van der Waals surface area contributed by atoms with Gasteiger partial charge in [-0.1, -0.05) is 49.2 Å². The predicted molar refractivity (Wildman–Crippen MR) is 119 cm³/mol. The summed E-state index contributed by atoms with van der Waals surface area (Å²) in [5.41, 5.74) is 2.84. The van der Waals surface area contributed by atoms with Crippen LogP contribution in [0, 0.1) is 12.8 Å². The van der Waals surface area contributed by atoms with Crippen LogP contribution >= 0.6 is 0 Å². The van der Waals surface area contributed by atoms with Crippen molar-refractivity contribution in [3.8, 4) is 5.75 Å². The third-order valence-electron chi connectivity index (χ3n) is 6.92. The maximum absolute atomic E-state index is 11.8. The Morgan fingerprint density at radius 3 is 2.48 bits per heavy atom. The van der Waals surface area contributed by atoms with Crippen LogP contribution in [0.25, 0.3) is 0 Å². The fourth-order valence-corrected chi connectivity index (χ4v) is 5.26. The van der Waals surface area contributed by atoms with Gasteiger partial charge in [0.2, 0.25) is 0 Å². The minimum Gasteiger partial charge on any atom is -0.495 e. The van der Waals surface area contributed by atoms with Gasteiger partial charge >= 0.3 is 0 Å². The number of aryl methyl sites for hydroxylation is 1. The lowest BCUT2D eigenvalue weighted by atomic mass is 9.70. The smallest absolute Gasteiger partial charge is 0.142 e. The molecule has 1 aliphatic carbocycles. The molecule has 2 fully saturated rings. The lowest BCUT2D eigenvalue weighted by Gasteiger charge is -2.45. The summed E-state index contributed by atoms with van der Waals surface area (Å²) in [6.07, 6.45) is 4.32. The van der Waals surface area contributed by atoms with E-state index in [1.807, 2.05) is 12.1 Å². The molecule has 1 saturated carbocycles. The second-order valence-corrected chi connectivity index (χ2v) is 8.64. The Labute approximate surface area is 175 Å². The topological polar surface area (TPSA) is 35.9 Å². The highest BCUT2D eigenvalue weighted by Gasteiger charge is 2.42. The van der Waals surface area contributed by atoms with Gasteiger partial charge in [0.15, 0.2) is 0 Å². The van der Waals surface area contributed by atoms with Gasteiger partial charge in [-0.25, -0.2) is 0 Å². The number of nitrogens with zero attached hydrogens (tertiary/aromatic N) is 2. The maximum Gasteiger partial charge on any atom is 0.142 e. The molecule has 0 aromatic heterocycles. The first kappa shape index (κ1) is 20.2. The molecular weight excluding hydrogens is 360 g/mol.